The van der Waals surface area contributed by atoms with E-state index in [1.54, 1.807) is 18.9 Å². The topological polar surface area (TPSA) is 61.7 Å². The van der Waals surface area contributed by atoms with Gasteiger partial charge in [-0.2, -0.15) is 0 Å². The van der Waals surface area contributed by atoms with Crippen LogP contribution in [0.2, 0.25) is 0 Å². The summed E-state index contributed by atoms with van der Waals surface area (Å²) < 4.78 is 3.87. The Morgan fingerprint density at radius 2 is 2.20 bits per heavy atom. The lowest BCUT2D eigenvalue weighted by atomic mass is 10.3. The number of hydrogen-bond acceptors (Lipinski definition) is 3. The fourth-order valence-corrected chi connectivity index (χ4v) is 1.59. The molecule has 2 aromatic rings. The van der Waals surface area contributed by atoms with Crippen LogP contribution in [0.1, 0.15) is 13.3 Å². The zero-order valence-corrected chi connectivity index (χ0v) is 9.01. The van der Waals surface area contributed by atoms with Crippen molar-refractivity contribution in [1.29, 1.82) is 0 Å². The second kappa shape index (κ2) is 3.76. The second-order valence-electron chi connectivity index (χ2n) is 3.56. The van der Waals surface area contributed by atoms with E-state index in [2.05, 4.69) is 16.9 Å². The van der Waals surface area contributed by atoms with E-state index in [9.17, 15) is 0 Å². The van der Waals surface area contributed by atoms with E-state index in [-0.39, 0.29) is 0 Å². The molecule has 15 heavy (non-hydrogen) atoms. The van der Waals surface area contributed by atoms with Crippen LogP contribution in [0.25, 0.3) is 11.4 Å². The first kappa shape index (κ1) is 9.76. The van der Waals surface area contributed by atoms with Gasteiger partial charge in [-0.15, -0.1) is 0 Å². The van der Waals surface area contributed by atoms with Gasteiger partial charge in [-0.1, -0.05) is 6.92 Å². The molecule has 0 fully saturated rings. The molecule has 0 amide bonds. The normalized spacial score (nSPS) is 10.8. The molecule has 0 unspecified atom stereocenters. The van der Waals surface area contributed by atoms with Gasteiger partial charge in [-0.25, -0.2) is 9.97 Å². The van der Waals surface area contributed by atoms with Crippen LogP contribution in [0.4, 0.5) is 5.82 Å². The van der Waals surface area contributed by atoms with Gasteiger partial charge in [0.15, 0.2) is 0 Å². The van der Waals surface area contributed by atoms with Gasteiger partial charge in [-0.3, -0.25) is 0 Å². The maximum atomic E-state index is 6.01. The van der Waals surface area contributed by atoms with Gasteiger partial charge in [0.05, 0.1) is 24.5 Å². The molecule has 2 aromatic heterocycles. The molecular formula is C10H15N5. The van der Waals surface area contributed by atoms with Crippen LogP contribution in [0.5, 0.6) is 0 Å². The average molecular weight is 205 g/mol. The summed E-state index contributed by atoms with van der Waals surface area (Å²) in [6.45, 7) is 3.01. The number of rotatable bonds is 3. The predicted octanol–water partition coefficient (Wildman–Crippen LogP) is 1.28. The lowest BCUT2D eigenvalue weighted by Crippen LogP contribution is -2.02. The number of hydrogen-bond donors (Lipinski definition) is 1. The number of nitrogens with zero attached hydrogens (tertiary/aromatic N) is 4. The number of imidazole rings is 2. The molecule has 0 saturated carbocycles. The van der Waals surface area contributed by atoms with Crippen molar-refractivity contribution in [2.45, 2.75) is 19.9 Å². The lowest BCUT2D eigenvalue weighted by molar-refractivity contribution is 0.686. The van der Waals surface area contributed by atoms with Gasteiger partial charge in [0.2, 0.25) is 0 Å². The second-order valence-corrected chi connectivity index (χ2v) is 3.56. The zero-order chi connectivity index (χ0) is 10.8. The molecule has 0 aliphatic carbocycles. The number of anilines is 1. The van der Waals surface area contributed by atoms with Crippen LogP contribution in [0.3, 0.4) is 0 Å². The van der Waals surface area contributed by atoms with Crippen molar-refractivity contribution >= 4 is 5.82 Å². The van der Waals surface area contributed by atoms with Crippen LogP contribution >= 0.6 is 0 Å². The summed E-state index contributed by atoms with van der Waals surface area (Å²) in [6, 6.07) is 0. The molecule has 2 rings (SSSR count). The van der Waals surface area contributed by atoms with E-state index in [1.165, 1.54) is 0 Å². The van der Waals surface area contributed by atoms with Gasteiger partial charge in [0, 0.05) is 13.6 Å². The quantitative estimate of drug-likeness (QED) is 0.821. The van der Waals surface area contributed by atoms with Crippen molar-refractivity contribution in [2.24, 2.45) is 7.05 Å². The van der Waals surface area contributed by atoms with E-state index >= 15 is 0 Å². The van der Waals surface area contributed by atoms with Gasteiger partial charge in [0.25, 0.3) is 0 Å². The largest absolute Gasteiger partial charge is 0.383 e. The Labute approximate surface area is 88.6 Å². The highest BCUT2D eigenvalue weighted by molar-refractivity contribution is 5.67. The van der Waals surface area contributed by atoms with Crippen LogP contribution in [-0.4, -0.2) is 19.1 Å². The summed E-state index contributed by atoms with van der Waals surface area (Å²) in [5, 5.41) is 0. The minimum Gasteiger partial charge on any atom is -0.383 e. The number of aromatic nitrogens is 4. The summed E-state index contributed by atoms with van der Waals surface area (Å²) in [7, 11) is 1.93. The highest BCUT2D eigenvalue weighted by Crippen LogP contribution is 2.23. The van der Waals surface area contributed by atoms with Crippen molar-refractivity contribution in [3.05, 3.63) is 18.9 Å². The fourth-order valence-electron chi connectivity index (χ4n) is 1.59. The minimum absolute atomic E-state index is 0.709. The first-order chi connectivity index (χ1) is 7.24. The molecule has 0 spiro atoms. The van der Waals surface area contributed by atoms with Crippen molar-refractivity contribution in [3.8, 4) is 11.4 Å². The van der Waals surface area contributed by atoms with Crippen LogP contribution in [-0.2, 0) is 13.6 Å². The van der Waals surface area contributed by atoms with Crippen LogP contribution in [0.15, 0.2) is 18.9 Å². The molecule has 0 aromatic carbocycles. The highest BCUT2D eigenvalue weighted by Gasteiger charge is 2.11. The Kier molecular flexibility index (Phi) is 2.45. The summed E-state index contributed by atoms with van der Waals surface area (Å²) >= 11 is 0. The first-order valence-electron chi connectivity index (χ1n) is 5.01. The van der Waals surface area contributed by atoms with Crippen molar-refractivity contribution in [1.82, 2.24) is 19.1 Å². The Hall–Kier alpha value is -1.78. The maximum Gasteiger partial charge on any atom is 0.133 e. The smallest absolute Gasteiger partial charge is 0.133 e. The van der Waals surface area contributed by atoms with Gasteiger partial charge < -0.3 is 14.9 Å². The van der Waals surface area contributed by atoms with Gasteiger partial charge in [0.1, 0.15) is 11.5 Å². The lowest BCUT2D eigenvalue weighted by Gasteiger charge is -2.03. The molecule has 0 radical (unpaired) electrons. The van der Waals surface area contributed by atoms with Crippen molar-refractivity contribution in [2.75, 3.05) is 5.73 Å². The van der Waals surface area contributed by atoms with E-state index in [0.29, 0.717) is 5.82 Å². The van der Waals surface area contributed by atoms with Gasteiger partial charge >= 0.3 is 0 Å². The van der Waals surface area contributed by atoms with Crippen molar-refractivity contribution in [3.63, 3.8) is 0 Å². The summed E-state index contributed by atoms with van der Waals surface area (Å²) in [4.78, 5) is 8.37. The first-order valence-corrected chi connectivity index (χ1v) is 5.01. The molecule has 0 aliphatic heterocycles. The molecule has 80 valence electrons. The summed E-state index contributed by atoms with van der Waals surface area (Å²) in [6.07, 6.45) is 6.34. The molecule has 2 N–H and O–H groups in total. The van der Waals surface area contributed by atoms with E-state index in [1.807, 2.05) is 16.2 Å². The van der Waals surface area contributed by atoms with Gasteiger partial charge in [-0.05, 0) is 6.42 Å². The third-order valence-electron chi connectivity index (χ3n) is 2.40. The SMILES string of the molecule is CCCn1cnc(-c2cncn2C)c1N. The zero-order valence-electron chi connectivity index (χ0n) is 9.01. The highest BCUT2D eigenvalue weighted by atomic mass is 15.1. The van der Waals surface area contributed by atoms with Crippen molar-refractivity contribution < 1.29 is 0 Å². The Bertz CT molecular complexity index is 454. The number of nitrogen functional groups attached to an aromatic ring is 1. The fraction of sp³-hybridized carbons (Fsp3) is 0.400. The summed E-state index contributed by atoms with van der Waals surface area (Å²) in [5.74, 6) is 0.709. The Balaban J connectivity index is 2.42. The third kappa shape index (κ3) is 1.60. The molecule has 5 nitrogen and oxygen atoms in total. The van der Waals surface area contributed by atoms with E-state index in [0.717, 1.165) is 24.4 Å². The monoisotopic (exact) mass is 205 g/mol. The maximum absolute atomic E-state index is 6.01. The standard InChI is InChI=1S/C10H15N5/c1-3-4-15-7-13-9(10(15)11)8-5-12-6-14(8)2/h5-7H,3-4,11H2,1-2H3. The molecule has 0 aliphatic rings. The molecule has 0 bridgehead atoms. The molecule has 0 atom stereocenters. The Morgan fingerprint density at radius 3 is 2.80 bits per heavy atom. The minimum atomic E-state index is 0.709. The third-order valence-corrected chi connectivity index (χ3v) is 2.40. The van der Waals surface area contributed by atoms with E-state index in [4.69, 9.17) is 5.73 Å². The molecule has 5 heteroatoms. The van der Waals surface area contributed by atoms with Crippen LogP contribution < -0.4 is 5.73 Å². The number of aryl methyl sites for hydroxylation is 2. The van der Waals surface area contributed by atoms with E-state index < -0.39 is 0 Å². The van der Waals surface area contributed by atoms with Crippen LogP contribution in [0, 0.1) is 0 Å². The molecule has 0 saturated heterocycles. The number of nitrogens with two attached hydrogens (primary N) is 1. The predicted molar refractivity (Wildman–Crippen MR) is 59.1 cm³/mol. The average Bonchev–Trinajstić information content (AvgIpc) is 2.76. The Morgan fingerprint density at radius 1 is 1.40 bits per heavy atom. The molecular weight excluding hydrogens is 190 g/mol. The summed E-state index contributed by atoms with van der Waals surface area (Å²) in [5.41, 5.74) is 7.76. The molecule has 2 heterocycles.